The van der Waals surface area contributed by atoms with E-state index in [4.69, 9.17) is 18.8 Å². The highest BCUT2D eigenvalue weighted by Gasteiger charge is 2.52. The van der Waals surface area contributed by atoms with Crippen molar-refractivity contribution in [2.75, 3.05) is 13.2 Å². The molecule has 0 atom stereocenters. The van der Waals surface area contributed by atoms with Crippen LogP contribution in [0.25, 0.3) is 0 Å². The first kappa shape index (κ1) is 15.9. The first-order chi connectivity index (χ1) is 10.3. The molecule has 0 amide bonds. The van der Waals surface area contributed by atoms with Gasteiger partial charge in [0.1, 0.15) is 0 Å². The van der Waals surface area contributed by atoms with E-state index in [2.05, 4.69) is 39.6 Å². The average molecular weight is 305 g/mol. The lowest BCUT2D eigenvalue weighted by Gasteiger charge is -2.32. The Morgan fingerprint density at radius 1 is 1.14 bits per heavy atom. The molecule has 3 heterocycles. The average Bonchev–Trinajstić information content (AvgIpc) is 3.05. The fourth-order valence-electron chi connectivity index (χ4n) is 2.67. The molecule has 0 bridgehead atoms. The minimum absolute atomic E-state index is 0.348. The Bertz CT molecular complexity index is 539. The Kier molecular flexibility index (Phi) is 4.06. The van der Waals surface area contributed by atoms with E-state index in [1.54, 1.807) is 0 Å². The second-order valence-corrected chi connectivity index (χ2v) is 6.82. The third kappa shape index (κ3) is 2.69. The minimum Gasteiger partial charge on any atom is -0.399 e. The summed E-state index contributed by atoms with van der Waals surface area (Å²) in [5.41, 5.74) is 2.26. The van der Waals surface area contributed by atoms with Gasteiger partial charge in [-0.3, -0.25) is 4.98 Å². The van der Waals surface area contributed by atoms with Crippen LogP contribution in [0.1, 0.15) is 52.2 Å². The first-order valence-electron chi connectivity index (χ1n) is 7.91. The van der Waals surface area contributed by atoms with Gasteiger partial charge in [0, 0.05) is 11.7 Å². The quantitative estimate of drug-likeness (QED) is 0.799. The van der Waals surface area contributed by atoms with Crippen molar-refractivity contribution in [1.82, 2.24) is 4.98 Å². The number of ether oxygens (including phenoxy) is 2. The largest absolute Gasteiger partial charge is 0.496 e. The van der Waals surface area contributed by atoms with E-state index in [0.29, 0.717) is 13.2 Å². The Morgan fingerprint density at radius 2 is 1.73 bits per heavy atom. The van der Waals surface area contributed by atoms with Gasteiger partial charge in [-0.25, -0.2) is 0 Å². The number of aromatic nitrogens is 1. The molecule has 2 saturated heterocycles. The van der Waals surface area contributed by atoms with Crippen LogP contribution in [0.4, 0.5) is 0 Å². The lowest BCUT2D eigenvalue weighted by Crippen LogP contribution is -2.41. The van der Waals surface area contributed by atoms with Crippen molar-refractivity contribution in [2.24, 2.45) is 0 Å². The van der Waals surface area contributed by atoms with Gasteiger partial charge >= 0.3 is 7.12 Å². The monoisotopic (exact) mass is 305 g/mol. The first-order valence-corrected chi connectivity index (χ1v) is 7.91. The molecule has 1 aromatic heterocycles. The van der Waals surface area contributed by atoms with Crippen molar-refractivity contribution in [2.45, 2.75) is 58.5 Å². The van der Waals surface area contributed by atoms with Crippen molar-refractivity contribution in [1.29, 1.82) is 0 Å². The highest BCUT2D eigenvalue weighted by molar-refractivity contribution is 6.62. The third-order valence-electron chi connectivity index (χ3n) is 4.80. The van der Waals surface area contributed by atoms with Gasteiger partial charge in [0.05, 0.1) is 30.1 Å². The Balaban J connectivity index is 1.88. The topological polar surface area (TPSA) is 49.8 Å². The highest BCUT2D eigenvalue weighted by atomic mass is 16.7. The highest BCUT2D eigenvalue weighted by Crippen LogP contribution is 2.36. The molecule has 0 saturated carbocycles. The number of hydrogen-bond donors (Lipinski definition) is 0. The Morgan fingerprint density at radius 3 is 2.27 bits per heavy atom. The Hall–Kier alpha value is -0.945. The molecule has 2 aliphatic rings. The zero-order valence-electron chi connectivity index (χ0n) is 14.0. The van der Waals surface area contributed by atoms with Gasteiger partial charge in [-0.2, -0.15) is 0 Å². The van der Waals surface area contributed by atoms with Gasteiger partial charge in [0.15, 0.2) is 0 Å². The second kappa shape index (κ2) is 5.60. The van der Waals surface area contributed by atoms with Crippen LogP contribution in [0.5, 0.6) is 0 Å². The van der Waals surface area contributed by atoms with Gasteiger partial charge in [-0.15, -0.1) is 0 Å². The molecule has 0 spiro atoms. The van der Waals surface area contributed by atoms with E-state index in [0.717, 1.165) is 23.1 Å². The molecule has 2 fully saturated rings. The summed E-state index contributed by atoms with van der Waals surface area (Å²) in [6, 6.07) is 2.04. The fraction of sp³-hybridized carbons (Fsp3) is 0.688. The lowest BCUT2D eigenvalue weighted by atomic mass is 9.76. The number of hydrogen-bond acceptors (Lipinski definition) is 5. The molecule has 0 aliphatic carbocycles. The van der Waals surface area contributed by atoms with Gasteiger partial charge in [0.2, 0.25) is 6.29 Å². The Labute approximate surface area is 132 Å². The fourth-order valence-corrected chi connectivity index (χ4v) is 2.67. The normalized spacial score (nSPS) is 24.1. The number of nitrogens with zero attached hydrogens (tertiary/aromatic N) is 1. The summed E-state index contributed by atoms with van der Waals surface area (Å²) < 4.78 is 23.3. The van der Waals surface area contributed by atoms with E-state index < -0.39 is 0 Å². The second-order valence-electron chi connectivity index (χ2n) is 6.82. The van der Waals surface area contributed by atoms with Crippen LogP contribution < -0.4 is 5.46 Å². The zero-order chi connectivity index (χ0) is 16.0. The number of pyridine rings is 1. The van der Waals surface area contributed by atoms with E-state index in [9.17, 15) is 0 Å². The standard InChI is InChI=1S/C16H24BNO4/c1-6-11-9-13(14-19-7-8-20-14)18-10-12(11)17-21-15(2,3)16(4,5)22-17/h9-10,14H,6-8H2,1-5H3. The maximum atomic E-state index is 6.13. The lowest BCUT2D eigenvalue weighted by molar-refractivity contribution is -0.0473. The molecule has 3 rings (SSSR count). The molecular weight excluding hydrogens is 281 g/mol. The molecule has 6 heteroatoms. The van der Waals surface area contributed by atoms with Crippen molar-refractivity contribution in [3.63, 3.8) is 0 Å². The van der Waals surface area contributed by atoms with E-state index in [-0.39, 0.29) is 24.6 Å². The summed E-state index contributed by atoms with van der Waals surface area (Å²) in [6.07, 6.45) is 2.36. The van der Waals surface area contributed by atoms with E-state index in [1.807, 2.05) is 12.3 Å². The van der Waals surface area contributed by atoms with E-state index in [1.165, 1.54) is 0 Å². The van der Waals surface area contributed by atoms with Gasteiger partial charge in [0.25, 0.3) is 0 Å². The maximum absolute atomic E-state index is 6.13. The van der Waals surface area contributed by atoms with Crippen LogP contribution in [-0.2, 0) is 25.2 Å². The molecule has 0 radical (unpaired) electrons. The molecule has 5 nitrogen and oxygen atoms in total. The van der Waals surface area contributed by atoms with Crippen molar-refractivity contribution in [3.8, 4) is 0 Å². The van der Waals surface area contributed by atoms with Crippen LogP contribution in [0, 0.1) is 0 Å². The summed E-state index contributed by atoms with van der Waals surface area (Å²) in [7, 11) is -0.382. The summed E-state index contributed by atoms with van der Waals surface area (Å²) >= 11 is 0. The van der Waals surface area contributed by atoms with Crippen molar-refractivity contribution < 1.29 is 18.8 Å². The molecule has 0 aromatic carbocycles. The van der Waals surface area contributed by atoms with Crippen LogP contribution in [-0.4, -0.2) is 36.5 Å². The van der Waals surface area contributed by atoms with Crippen molar-refractivity contribution in [3.05, 3.63) is 23.5 Å². The minimum atomic E-state index is -0.382. The smallest absolute Gasteiger partial charge is 0.399 e. The SMILES string of the molecule is CCc1cc(C2OCCO2)ncc1B1OC(C)(C)C(C)(C)O1. The van der Waals surface area contributed by atoms with Gasteiger partial charge in [-0.1, -0.05) is 6.92 Å². The molecule has 2 aliphatic heterocycles. The maximum Gasteiger partial charge on any atom is 0.496 e. The predicted molar refractivity (Wildman–Crippen MR) is 84.0 cm³/mol. The van der Waals surface area contributed by atoms with Crippen LogP contribution in [0.2, 0.25) is 0 Å². The molecule has 120 valence electrons. The summed E-state index contributed by atoms with van der Waals surface area (Å²) in [6.45, 7) is 11.6. The van der Waals surface area contributed by atoms with Crippen LogP contribution in [0.15, 0.2) is 12.3 Å². The third-order valence-corrected chi connectivity index (χ3v) is 4.80. The molecule has 1 aromatic rings. The van der Waals surface area contributed by atoms with Crippen LogP contribution >= 0.6 is 0 Å². The molecule has 0 N–H and O–H groups in total. The van der Waals surface area contributed by atoms with E-state index >= 15 is 0 Å². The van der Waals surface area contributed by atoms with Crippen LogP contribution in [0.3, 0.4) is 0 Å². The van der Waals surface area contributed by atoms with Gasteiger partial charge < -0.3 is 18.8 Å². The molecular formula is C16H24BNO4. The number of rotatable bonds is 3. The zero-order valence-corrected chi connectivity index (χ0v) is 14.0. The summed E-state index contributed by atoms with van der Waals surface area (Å²) in [5, 5.41) is 0. The molecule has 0 unspecified atom stereocenters. The van der Waals surface area contributed by atoms with Gasteiger partial charge in [-0.05, 0) is 45.7 Å². The van der Waals surface area contributed by atoms with Crippen molar-refractivity contribution >= 4 is 12.6 Å². The summed E-state index contributed by atoms with van der Waals surface area (Å²) in [4.78, 5) is 4.50. The molecule has 22 heavy (non-hydrogen) atoms. The number of aryl methyl sites for hydroxylation is 1. The predicted octanol–water partition coefficient (Wildman–Crippen LogP) is 1.99. The summed E-state index contributed by atoms with van der Waals surface area (Å²) in [5.74, 6) is 0.